The second kappa shape index (κ2) is 3.11. The van der Waals surface area contributed by atoms with E-state index in [9.17, 15) is 0 Å². The first-order valence-electron chi connectivity index (χ1n) is 6.02. The van der Waals surface area contributed by atoms with Gasteiger partial charge in [-0.05, 0) is 56.3 Å². The van der Waals surface area contributed by atoms with E-state index in [2.05, 4.69) is 10.9 Å². The first-order valence-corrected chi connectivity index (χ1v) is 6.02. The Morgan fingerprint density at radius 1 is 1.07 bits per heavy atom. The lowest BCUT2D eigenvalue weighted by Crippen LogP contribution is -2.63. The molecule has 4 aliphatic carbocycles. The molecule has 4 aliphatic rings. The normalized spacial score (nSPS) is 46.8. The number of hydrogen-bond acceptors (Lipinski definition) is 2. The van der Waals surface area contributed by atoms with E-state index in [0.29, 0.717) is 0 Å². The van der Waals surface area contributed by atoms with E-state index in [0.717, 1.165) is 17.8 Å². The molecule has 0 atom stereocenters. The van der Waals surface area contributed by atoms with Crippen molar-refractivity contribution < 1.29 is 0 Å². The highest BCUT2D eigenvalue weighted by molar-refractivity contribution is 5.73. The van der Waals surface area contributed by atoms with Gasteiger partial charge in [0, 0.05) is 5.54 Å². The number of hydrazine groups is 1. The first kappa shape index (κ1) is 9.46. The maximum absolute atomic E-state index is 7.21. The van der Waals surface area contributed by atoms with Crippen molar-refractivity contribution in [2.75, 3.05) is 0 Å². The van der Waals surface area contributed by atoms with E-state index >= 15 is 0 Å². The zero-order valence-corrected chi connectivity index (χ0v) is 9.05. The van der Waals surface area contributed by atoms with Gasteiger partial charge in [0.15, 0.2) is 5.96 Å². The second-order valence-electron chi connectivity index (χ2n) is 5.86. The molecule has 0 saturated heterocycles. The van der Waals surface area contributed by atoms with Gasteiger partial charge in [-0.15, -0.1) is 0 Å². The molecule has 4 nitrogen and oxygen atoms in total. The third kappa shape index (κ3) is 1.61. The molecule has 84 valence electrons. The number of guanidine groups is 1. The maximum atomic E-state index is 7.21. The summed E-state index contributed by atoms with van der Waals surface area (Å²) in [5.74, 6) is 2.82. The van der Waals surface area contributed by atoms with E-state index in [1.54, 1.807) is 0 Å². The average molecular weight is 208 g/mol. The van der Waals surface area contributed by atoms with E-state index in [1.165, 1.54) is 38.5 Å². The fourth-order valence-corrected chi connectivity index (χ4v) is 4.46. The minimum absolute atomic E-state index is 0.0331. The molecule has 15 heavy (non-hydrogen) atoms. The van der Waals surface area contributed by atoms with Gasteiger partial charge in [0.2, 0.25) is 0 Å². The lowest BCUT2D eigenvalue weighted by atomic mass is 9.53. The molecule has 0 amide bonds. The molecular formula is C11H20N4. The predicted octanol–water partition coefficient (Wildman–Crippen LogP) is 0.943. The van der Waals surface area contributed by atoms with E-state index in [1.807, 2.05) is 0 Å². The zero-order chi connectivity index (χ0) is 10.5. The van der Waals surface area contributed by atoms with Crippen LogP contribution in [-0.4, -0.2) is 11.5 Å². The summed E-state index contributed by atoms with van der Waals surface area (Å²) in [6.45, 7) is 0. The van der Waals surface area contributed by atoms with Crippen LogP contribution in [0, 0.1) is 23.2 Å². The van der Waals surface area contributed by atoms with Gasteiger partial charge in [0.1, 0.15) is 0 Å². The lowest BCUT2D eigenvalue weighted by molar-refractivity contribution is -0.0234. The van der Waals surface area contributed by atoms with Crippen LogP contribution in [0.25, 0.3) is 0 Å². The molecule has 4 heteroatoms. The summed E-state index contributed by atoms with van der Waals surface area (Å²) in [4.78, 5) is 0. The average Bonchev–Trinajstić information content (AvgIpc) is 2.12. The molecule has 0 aromatic rings. The van der Waals surface area contributed by atoms with Gasteiger partial charge in [-0.3, -0.25) is 10.8 Å². The second-order valence-corrected chi connectivity index (χ2v) is 5.86. The summed E-state index contributed by atoms with van der Waals surface area (Å²) in [6, 6.07) is 0. The van der Waals surface area contributed by atoms with Crippen LogP contribution < -0.4 is 16.6 Å². The summed E-state index contributed by atoms with van der Waals surface area (Å²) in [7, 11) is 0. The third-order valence-electron chi connectivity index (χ3n) is 4.50. The molecule has 4 saturated carbocycles. The van der Waals surface area contributed by atoms with E-state index in [4.69, 9.17) is 11.1 Å². The van der Waals surface area contributed by atoms with Crippen molar-refractivity contribution in [1.29, 1.82) is 5.41 Å². The molecule has 0 spiro atoms. The Bertz CT molecular complexity index is 251. The molecule has 0 unspecified atom stereocenters. The number of rotatable bonds is 2. The number of hydrogen-bond donors (Lipinski definition) is 4. The van der Waals surface area contributed by atoms with Crippen molar-refractivity contribution in [1.82, 2.24) is 10.9 Å². The van der Waals surface area contributed by atoms with Crippen LogP contribution in [-0.2, 0) is 0 Å². The fraction of sp³-hybridized carbons (Fsp3) is 0.909. The van der Waals surface area contributed by atoms with Crippen LogP contribution in [0.1, 0.15) is 38.5 Å². The largest absolute Gasteiger partial charge is 0.369 e. The summed E-state index contributed by atoms with van der Waals surface area (Å²) < 4.78 is 0. The van der Waals surface area contributed by atoms with Crippen molar-refractivity contribution in [2.45, 2.75) is 44.1 Å². The highest BCUT2D eigenvalue weighted by Crippen LogP contribution is 2.55. The maximum Gasteiger partial charge on any atom is 0.200 e. The van der Waals surface area contributed by atoms with Crippen molar-refractivity contribution in [3.63, 3.8) is 0 Å². The van der Waals surface area contributed by atoms with Gasteiger partial charge in [0.05, 0.1) is 0 Å². The molecule has 4 rings (SSSR count). The Kier molecular flexibility index (Phi) is 1.96. The lowest BCUT2D eigenvalue weighted by Gasteiger charge is -2.56. The Hall–Kier alpha value is -0.770. The first-order chi connectivity index (χ1) is 7.15. The molecule has 0 radical (unpaired) electrons. The number of nitrogens with two attached hydrogens (primary N) is 1. The molecule has 0 heterocycles. The van der Waals surface area contributed by atoms with Gasteiger partial charge in [-0.25, -0.2) is 5.43 Å². The molecule has 5 N–H and O–H groups in total. The predicted molar refractivity (Wildman–Crippen MR) is 59.1 cm³/mol. The SMILES string of the molecule is N=C(N)NNC12CC3CC(CC(C3)C1)C2. The van der Waals surface area contributed by atoms with Crippen molar-refractivity contribution in [2.24, 2.45) is 23.5 Å². The van der Waals surface area contributed by atoms with Gasteiger partial charge in [0.25, 0.3) is 0 Å². The Morgan fingerprint density at radius 2 is 1.53 bits per heavy atom. The topological polar surface area (TPSA) is 73.9 Å². The zero-order valence-electron chi connectivity index (χ0n) is 9.05. The van der Waals surface area contributed by atoms with Gasteiger partial charge in [-0.2, -0.15) is 0 Å². The monoisotopic (exact) mass is 208 g/mol. The third-order valence-corrected chi connectivity index (χ3v) is 4.50. The van der Waals surface area contributed by atoms with Gasteiger partial charge < -0.3 is 5.73 Å². The molecule has 4 bridgehead atoms. The highest BCUT2D eigenvalue weighted by atomic mass is 15.4. The van der Waals surface area contributed by atoms with Crippen LogP contribution >= 0.6 is 0 Å². The molecule has 0 aliphatic heterocycles. The summed E-state index contributed by atoms with van der Waals surface area (Å²) in [6.07, 6.45) is 8.17. The smallest absolute Gasteiger partial charge is 0.200 e. The quantitative estimate of drug-likeness (QED) is 0.310. The molecule has 4 fully saturated rings. The molecular weight excluding hydrogens is 188 g/mol. The number of nitrogens with one attached hydrogen (secondary N) is 3. The van der Waals surface area contributed by atoms with Crippen LogP contribution in [0.5, 0.6) is 0 Å². The summed E-state index contributed by atoms with van der Waals surface area (Å²) >= 11 is 0. The van der Waals surface area contributed by atoms with Crippen LogP contribution in [0.3, 0.4) is 0 Å². The van der Waals surface area contributed by atoms with Crippen molar-refractivity contribution in [3.8, 4) is 0 Å². The Labute approximate surface area is 90.5 Å². The Morgan fingerprint density at radius 3 is 1.93 bits per heavy atom. The van der Waals surface area contributed by atoms with Crippen molar-refractivity contribution >= 4 is 5.96 Å². The molecule has 0 aromatic heterocycles. The van der Waals surface area contributed by atoms with Crippen molar-refractivity contribution in [3.05, 3.63) is 0 Å². The van der Waals surface area contributed by atoms with Crippen LogP contribution in [0.15, 0.2) is 0 Å². The van der Waals surface area contributed by atoms with Gasteiger partial charge in [-0.1, -0.05) is 0 Å². The summed E-state index contributed by atoms with van der Waals surface area (Å²) in [5, 5.41) is 7.21. The van der Waals surface area contributed by atoms with E-state index in [-0.39, 0.29) is 11.5 Å². The minimum Gasteiger partial charge on any atom is -0.369 e. The Balaban J connectivity index is 1.72. The van der Waals surface area contributed by atoms with Gasteiger partial charge >= 0.3 is 0 Å². The minimum atomic E-state index is 0.0331. The van der Waals surface area contributed by atoms with E-state index < -0.39 is 0 Å². The summed E-state index contributed by atoms with van der Waals surface area (Å²) in [5.41, 5.74) is 11.7. The highest BCUT2D eigenvalue weighted by Gasteiger charge is 2.50. The standard InChI is InChI=1S/C11H20N4/c12-10(13)14-15-11-4-7-1-8(5-11)3-9(2-7)6-11/h7-9,15H,1-6H2,(H4,12,13,14). The fourth-order valence-electron chi connectivity index (χ4n) is 4.46. The molecule has 0 aromatic carbocycles. The van der Waals surface area contributed by atoms with Crippen LogP contribution in [0.4, 0.5) is 0 Å². The van der Waals surface area contributed by atoms with Crippen LogP contribution in [0.2, 0.25) is 0 Å².